The zero-order valence-electron chi connectivity index (χ0n) is 29.9. The highest BCUT2D eigenvalue weighted by Gasteiger charge is 2.51. The Morgan fingerprint density at radius 3 is 2.24 bits per heavy atom. The molecule has 0 aromatic heterocycles. The van der Waals surface area contributed by atoms with Crippen LogP contribution in [0.25, 0.3) is 0 Å². The first-order valence-corrected chi connectivity index (χ1v) is 16.4. The van der Waals surface area contributed by atoms with E-state index in [1.165, 1.54) is 13.8 Å². The molecule has 0 bridgehead atoms. The van der Waals surface area contributed by atoms with Crippen LogP contribution >= 0.6 is 0 Å². The summed E-state index contributed by atoms with van der Waals surface area (Å²) in [5.41, 5.74) is -2.74. The standard InChI is InChI=1S/C33H62N2O10/c1-14-25-33(9,40)28(38)22(6)35(12)17-18(2)16-32(8,41-13)29(20(4)26(37)21(5)30(39)44-25)45-31-27(43-23(7)36)24(34(10)11)15-19(3)42-31/h18-22,24-29,31,37-38,40H,14-17H2,1-13H3/t18-,19-,20+,21-,22-,24?,25-,26?,27?,28?,29?,31?,32?,33?/m1/s1. The number of esters is 2. The van der Waals surface area contributed by atoms with E-state index in [2.05, 4.69) is 6.92 Å². The second-order valence-electron chi connectivity index (χ2n) is 14.4. The summed E-state index contributed by atoms with van der Waals surface area (Å²) in [6, 6.07) is -0.667. The Kier molecular flexibility index (Phi) is 14.3. The third-order valence-electron chi connectivity index (χ3n) is 10.2. The summed E-state index contributed by atoms with van der Waals surface area (Å²) in [6.45, 7) is 16.2. The van der Waals surface area contributed by atoms with Gasteiger partial charge >= 0.3 is 11.9 Å². The van der Waals surface area contributed by atoms with Crippen molar-refractivity contribution in [2.75, 3.05) is 34.8 Å². The van der Waals surface area contributed by atoms with Crippen LogP contribution in [0.3, 0.4) is 0 Å². The third kappa shape index (κ3) is 9.37. The van der Waals surface area contributed by atoms with Crippen molar-refractivity contribution in [1.29, 1.82) is 0 Å². The van der Waals surface area contributed by atoms with E-state index in [-0.39, 0.29) is 24.5 Å². The van der Waals surface area contributed by atoms with Gasteiger partial charge in [-0.3, -0.25) is 9.59 Å². The highest BCUT2D eigenvalue weighted by Crippen LogP contribution is 2.38. The van der Waals surface area contributed by atoms with E-state index < -0.39 is 77.8 Å². The number of rotatable bonds is 6. The number of hydrogen-bond acceptors (Lipinski definition) is 12. The molecule has 2 aliphatic heterocycles. The molecule has 0 saturated carbocycles. The van der Waals surface area contributed by atoms with E-state index in [1.54, 1.807) is 27.9 Å². The predicted molar refractivity (Wildman–Crippen MR) is 169 cm³/mol. The van der Waals surface area contributed by atoms with E-state index in [1.807, 2.05) is 51.7 Å². The highest BCUT2D eigenvalue weighted by molar-refractivity contribution is 5.73. The molecule has 264 valence electrons. The molecule has 2 heterocycles. The van der Waals surface area contributed by atoms with Gasteiger partial charge in [-0.15, -0.1) is 0 Å². The number of aliphatic hydroxyl groups is 3. The molecule has 2 rings (SSSR count). The molecule has 2 fully saturated rings. The second kappa shape index (κ2) is 16.1. The lowest BCUT2D eigenvalue weighted by molar-refractivity contribution is -0.303. The third-order valence-corrected chi connectivity index (χ3v) is 10.2. The molecular formula is C33H62N2O10. The van der Waals surface area contributed by atoms with Crippen molar-refractivity contribution < 1.29 is 48.6 Å². The Labute approximate surface area is 270 Å². The Bertz CT molecular complexity index is 966. The van der Waals surface area contributed by atoms with Crippen LogP contribution in [0.4, 0.5) is 0 Å². The average Bonchev–Trinajstić information content (AvgIpc) is 2.96. The number of hydrogen-bond donors (Lipinski definition) is 3. The number of likely N-dealkylation sites (N-methyl/N-ethyl adjacent to an activating group) is 2. The van der Waals surface area contributed by atoms with E-state index in [0.717, 1.165) is 0 Å². The van der Waals surface area contributed by atoms with Crippen molar-refractivity contribution in [2.45, 2.75) is 148 Å². The van der Waals surface area contributed by atoms with Gasteiger partial charge in [-0.25, -0.2) is 0 Å². The molecule has 0 aromatic rings. The Hall–Kier alpha value is -1.38. The molecule has 45 heavy (non-hydrogen) atoms. The molecule has 0 aromatic carbocycles. The number of nitrogens with zero attached hydrogens (tertiary/aromatic N) is 2. The van der Waals surface area contributed by atoms with Crippen LogP contribution < -0.4 is 0 Å². The Balaban J connectivity index is 2.64. The molecule has 0 amide bonds. The lowest BCUT2D eigenvalue weighted by Crippen LogP contribution is -2.60. The molecule has 12 nitrogen and oxygen atoms in total. The first kappa shape index (κ1) is 39.8. The molecule has 8 unspecified atom stereocenters. The maximum Gasteiger partial charge on any atom is 0.311 e. The maximum absolute atomic E-state index is 13.5. The van der Waals surface area contributed by atoms with Crippen molar-refractivity contribution in [3.63, 3.8) is 0 Å². The predicted octanol–water partition coefficient (Wildman–Crippen LogP) is 2.20. The fraction of sp³-hybridized carbons (Fsp3) is 0.939. The topological polar surface area (TPSA) is 147 Å². The second-order valence-corrected chi connectivity index (χ2v) is 14.4. The summed E-state index contributed by atoms with van der Waals surface area (Å²) in [4.78, 5) is 29.7. The van der Waals surface area contributed by atoms with Gasteiger partial charge in [-0.05, 0) is 80.9 Å². The van der Waals surface area contributed by atoms with Crippen LogP contribution in [0.1, 0.15) is 81.6 Å². The number of methoxy groups -OCH3 is 1. The first-order valence-electron chi connectivity index (χ1n) is 16.4. The van der Waals surface area contributed by atoms with E-state index >= 15 is 0 Å². The molecular weight excluding hydrogens is 584 g/mol. The number of carbonyl (C=O) groups excluding carboxylic acids is 2. The summed E-state index contributed by atoms with van der Waals surface area (Å²) in [7, 11) is 7.29. The zero-order valence-corrected chi connectivity index (χ0v) is 29.9. The number of aliphatic hydroxyl groups excluding tert-OH is 2. The monoisotopic (exact) mass is 646 g/mol. The fourth-order valence-electron chi connectivity index (χ4n) is 7.21. The van der Waals surface area contributed by atoms with Crippen LogP contribution in [0.15, 0.2) is 0 Å². The molecule has 12 heteroatoms. The minimum Gasteiger partial charge on any atom is -0.459 e. The van der Waals surface area contributed by atoms with Crippen LogP contribution in [0.2, 0.25) is 0 Å². The molecule has 14 atom stereocenters. The number of ether oxygens (including phenoxy) is 5. The minimum atomic E-state index is -1.74. The van der Waals surface area contributed by atoms with Gasteiger partial charge in [0.2, 0.25) is 0 Å². The Morgan fingerprint density at radius 2 is 1.73 bits per heavy atom. The summed E-state index contributed by atoms with van der Waals surface area (Å²) in [5.74, 6) is -2.86. The van der Waals surface area contributed by atoms with Crippen molar-refractivity contribution in [3.05, 3.63) is 0 Å². The van der Waals surface area contributed by atoms with Crippen molar-refractivity contribution in [2.24, 2.45) is 17.8 Å². The highest BCUT2D eigenvalue weighted by atomic mass is 16.7. The van der Waals surface area contributed by atoms with Crippen LogP contribution in [0.5, 0.6) is 0 Å². The number of cyclic esters (lactones) is 1. The average molecular weight is 647 g/mol. The molecule has 2 saturated heterocycles. The van der Waals surface area contributed by atoms with Gasteiger partial charge < -0.3 is 48.8 Å². The molecule has 0 radical (unpaired) electrons. The summed E-state index contributed by atoms with van der Waals surface area (Å²) < 4.78 is 30.8. The van der Waals surface area contributed by atoms with Gasteiger partial charge in [0.25, 0.3) is 0 Å². The smallest absolute Gasteiger partial charge is 0.311 e. The van der Waals surface area contributed by atoms with Crippen molar-refractivity contribution in [1.82, 2.24) is 9.80 Å². The lowest BCUT2D eigenvalue weighted by Gasteiger charge is -2.48. The molecule has 0 spiro atoms. The minimum absolute atomic E-state index is 0.00221. The molecule has 0 aliphatic carbocycles. The molecule has 3 N–H and O–H groups in total. The van der Waals surface area contributed by atoms with Gasteiger partial charge in [-0.1, -0.05) is 20.8 Å². The fourth-order valence-corrected chi connectivity index (χ4v) is 7.21. The number of carbonyl (C=O) groups is 2. The van der Waals surface area contributed by atoms with Crippen LogP contribution in [0, 0.1) is 17.8 Å². The quantitative estimate of drug-likeness (QED) is 0.364. The van der Waals surface area contributed by atoms with Crippen molar-refractivity contribution >= 4 is 11.9 Å². The van der Waals surface area contributed by atoms with Crippen LogP contribution in [-0.2, 0) is 33.3 Å². The van der Waals surface area contributed by atoms with Gasteiger partial charge in [-0.2, -0.15) is 0 Å². The van der Waals surface area contributed by atoms with Gasteiger partial charge in [0.1, 0.15) is 17.8 Å². The maximum atomic E-state index is 13.5. The zero-order chi connectivity index (χ0) is 34.6. The van der Waals surface area contributed by atoms with Crippen molar-refractivity contribution in [3.8, 4) is 0 Å². The SMILES string of the molecule is CC[C@H]1OC(=O)[C@H](C)C(O)[C@H](C)C(OC2O[C@H](C)CC(N(C)C)C2OC(C)=O)C(C)(OC)C[C@@H](C)CN(C)[C@H](C)C(O)C1(C)O. The van der Waals surface area contributed by atoms with E-state index in [9.17, 15) is 24.9 Å². The van der Waals surface area contributed by atoms with Crippen LogP contribution in [-0.4, -0.2) is 138 Å². The summed E-state index contributed by atoms with van der Waals surface area (Å²) in [6.07, 6.45) is -4.89. The van der Waals surface area contributed by atoms with Gasteiger partial charge in [0.05, 0.1) is 35.9 Å². The summed E-state index contributed by atoms with van der Waals surface area (Å²) >= 11 is 0. The van der Waals surface area contributed by atoms with E-state index in [0.29, 0.717) is 19.4 Å². The lowest BCUT2D eigenvalue weighted by atomic mass is 9.77. The summed E-state index contributed by atoms with van der Waals surface area (Å²) in [5, 5.41) is 34.4. The van der Waals surface area contributed by atoms with Gasteiger partial charge in [0, 0.05) is 32.5 Å². The van der Waals surface area contributed by atoms with E-state index in [4.69, 9.17) is 23.7 Å². The largest absolute Gasteiger partial charge is 0.459 e. The molecule has 2 aliphatic rings. The first-order chi connectivity index (χ1) is 20.7. The van der Waals surface area contributed by atoms with Gasteiger partial charge in [0.15, 0.2) is 12.4 Å². The Morgan fingerprint density at radius 1 is 1.13 bits per heavy atom. The normalized spacial score (nSPS) is 45.0.